The largest absolute Gasteiger partial charge is 0.467 e. The monoisotopic (exact) mass is 411 g/mol. The van der Waals surface area contributed by atoms with Crippen molar-refractivity contribution in [1.29, 1.82) is 0 Å². The summed E-state index contributed by atoms with van der Waals surface area (Å²) < 4.78 is 7.00. The van der Waals surface area contributed by atoms with Gasteiger partial charge in [0, 0.05) is 6.54 Å². The van der Waals surface area contributed by atoms with Gasteiger partial charge in [-0.1, -0.05) is 43.2 Å². The summed E-state index contributed by atoms with van der Waals surface area (Å²) in [7, 11) is 0. The van der Waals surface area contributed by atoms with E-state index >= 15 is 0 Å². The van der Waals surface area contributed by atoms with E-state index in [1.165, 1.54) is 43.9 Å². The summed E-state index contributed by atoms with van der Waals surface area (Å²) >= 11 is 1.29. The lowest BCUT2D eigenvalue weighted by molar-refractivity contribution is -0.118. The molecule has 1 aliphatic carbocycles. The van der Waals surface area contributed by atoms with Crippen molar-refractivity contribution in [3.63, 3.8) is 0 Å². The molecule has 4 rings (SSSR count). The second-order valence-electron chi connectivity index (χ2n) is 7.48. The van der Waals surface area contributed by atoms with Crippen LogP contribution in [0.5, 0.6) is 0 Å². The van der Waals surface area contributed by atoms with Gasteiger partial charge in [-0.15, -0.1) is 0 Å². The van der Waals surface area contributed by atoms with Gasteiger partial charge in [-0.3, -0.25) is 14.2 Å². The van der Waals surface area contributed by atoms with E-state index < -0.39 is 0 Å². The molecule has 0 saturated heterocycles. The van der Waals surface area contributed by atoms with Gasteiger partial charge in [0.15, 0.2) is 5.16 Å². The molecular formula is C22H25N3O3S. The predicted octanol–water partition coefficient (Wildman–Crippen LogP) is 3.83. The fourth-order valence-corrected chi connectivity index (χ4v) is 4.61. The highest BCUT2D eigenvalue weighted by Gasteiger charge is 2.16. The highest BCUT2D eigenvalue weighted by molar-refractivity contribution is 7.99. The average Bonchev–Trinajstić information content (AvgIpc) is 3.27. The second-order valence-corrected chi connectivity index (χ2v) is 8.42. The molecule has 1 aliphatic rings. The number of fused-ring (bicyclic) bond motifs is 1. The Kier molecular flexibility index (Phi) is 6.34. The van der Waals surface area contributed by atoms with Crippen LogP contribution in [0.4, 0.5) is 0 Å². The van der Waals surface area contributed by atoms with Gasteiger partial charge in [0.05, 0.1) is 29.5 Å². The molecular weight excluding hydrogens is 386 g/mol. The SMILES string of the molecule is O=C(CSc1nc2ccccc2c(=O)n1Cc1ccco1)NCC1CCCCC1. The van der Waals surface area contributed by atoms with Gasteiger partial charge in [-0.05, 0) is 43.0 Å². The molecule has 0 spiro atoms. The third-order valence-corrected chi connectivity index (χ3v) is 6.34. The number of hydrogen-bond acceptors (Lipinski definition) is 5. The number of nitrogens with one attached hydrogen (secondary N) is 1. The molecule has 1 aromatic carbocycles. The zero-order chi connectivity index (χ0) is 20.1. The number of para-hydroxylation sites is 1. The molecule has 0 atom stereocenters. The second kappa shape index (κ2) is 9.31. The quantitative estimate of drug-likeness (QED) is 0.472. The van der Waals surface area contributed by atoms with Crippen molar-refractivity contribution in [3.05, 3.63) is 58.8 Å². The summed E-state index contributed by atoms with van der Waals surface area (Å²) in [6, 6.07) is 10.9. The summed E-state index contributed by atoms with van der Waals surface area (Å²) in [5.41, 5.74) is 0.510. The van der Waals surface area contributed by atoms with Gasteiger partial charge in [0.2, 0.25) is 5.91 Å². The highest BCUT2D eigenvalue weighted by Crippen LogP contribution is 2.23. The number of aromatic nitrogens is 2. The molecule has 29 heavy (non-hydrogen) atoms. The van der Waals surface area contributed by atoms with Gasteiger partial charge in [0.25, 0.3) is 5.56 Å². The van der Waals surface area contributed by atoms with Crippen LogP contribution in [0.15, 0.2) is 57.0 Å². The normalized spacial score (nSPS) is 14.9. The number of carbonyl (C=O) groups is 1. The van der Waals surface area contributed by atoms with E-state index in [-0.39, 0.29) is 23.8 Å². The van der Waals surface area contributed by atoms with Crippen molar-refractivity contribution in [2.24, 2.45) is 5.92 Å². The van der Waals surface area contributed by atoms with Crippen molar-refractivity contribution >= 4 is 28.6 Å². The molecule has 0 bridgehead atoms. The lowest BCUT2D eigenvalue weighted by Crippen LogP contribution is -2.32. The van der Waals surface area contributed by atoms with E-state index in [9.17, 15) is 9.59 Å². The standard InChI is InChI=1S/C22H25N3O3S/c26-20(23-13-16-7-2-1-3-8-16)15-29-22-24-19-11-5-4-10-18(19)21(27)25(22)14-17-9-6-12-28-17/h4-6,9-12,16H,1-3,7-8,13-15H2,(H,23,26). The van der Waals surface area contributed by atoms with E-state index in [1.54, 1.807) is 23.0 Å². The van der Waals surface area contributed by atoms with Gasteiger partial charge in [-0.25, -0.2) is 4.98 Å². The minimum absolute atomic E-state index is 0.0208. The Bertz CT molecular complexity index is 1020. The number of amides is 1. The van der Waals surface area contributed by atoms with Crippen LogP contribution in [0.25, 0.3) is 10.9 Å². The first-order valence-corrected chi connectivity index (χ1v) is 11.1. The first-order valence-electron chi connectivity index (χ1n) is 10.1. The van der Waals surface area contributed by atoms with Gasteiger partial charge in [0.1, 0.15) is 5.76 Å². The highest BCUT2D eigenvalue weighted by atomic mass is 32.2. The third kappa shape index (κ3) is 4.90. The fourth-order valence-electron chi connectivity index (χ4n) is 3.79. The van der Waals surface area contributed by atoms with Gasteiger partial charge < -0.3 is 9.73 Å². The minimum atomic E-state index is -0.128. The maximum Gasteiger partial charge on any atom is 0.262 e. The fraction of sp³-hybridized carbons (Fsp3) is 0.409. The number of carbonyl (C=O) groups excluding carboxylic acids is 1. The van der Waals surface area contributed by atoms with Crippen LogP contribution in [0, 0.1) is 5.92 Å². The van der Waals surface area contributed by atoms with E-state index in [2.05, 4.69) is 10.3 Å². The maximum atomic E-state index is 13.0. The number of nitrogens with zero attached hydrogens (tertiary/aromatic N) is 2. The zero-order valence-electron chi connectivity index (χ0n) is 16.3. The molecule has 6 nitrogen and oxygen atoms in total. The van der Waals surface area contributed by atoms with Crippen LogP contribution in [0.1, 0.15) is 37.9 Å². The molecule has 2 heterocycles. The lowest BCUT2D eigenvalue weighted by Gasteiger charge is -2.21. The van der Waals surface area contributed by atoms with Crippen molar-refractivity contribution in [3.8, 4) is 0 Å². The molecule has 1 saturated carbocycles. The molecule has 1 fully saturated rings. The molecule has 2 aromatic heterocycles. The van der Waals surface area contributed by atoms with E-state index in [0.717, 1.165) is 6.54 Å². The molecule has 7 heteroatoms. The summed E-state index contributed by atoms with van der Waals surface area (Å²) in [4.78, 5) is 30.0. The Morgan fingerprint density at radius 3 is 2.79 bits per heavy atom. The Balaban J connectivity index is 1.49. The molecule has 1 amide bonds. The van der Waals surface area contributed by atoms with Gasteiger partial charge >= 0.3 is 0 Å². The number of furan rings is 1. The Morgan fingerprint density at radius 2 is 2.00 bits per heavy atom. The minimum Gasteiger partial charge on any atom is -0.467 e. The molecule has 0 unspecified atom stereocenters. The Labute approximate surface area is 173 Å². The predicted molar refractivity (Wildman–Crippen MR) is 114 cm³/mol. The number of thioether (sulfide) groups is 1. The van der Waals surface area contributed by atoms with Crippen molar-refractivity contribution in [2.45, 2.75) is 43.8 Å². The van der Waals surface area contributed by atoms with Crippen molar-refractivity contribution < 1.29 is 9.21 Å². The summed E-state index contributed by atoms with van der Waals surface area (Å²) in [6.07, 6.45) is 7.80. The number of rotatable bonds is 7. The first kappa shape index (κ1) is 19.8. The molecule has 0 aliphatic heterocycles. The Hall–Kier alpha value is -2.54. The van der Waals surface area contributed by atoms with E-state index in [1.807, 2.05) is 24.3 Å². The van der Waals surface area contributed by atoms with Crippen LogP contribution in [0.2, 0.25) is 0 Å². The molecule has 0 radical (unpaired) electrons. The van der Waals surface area contributed by atoms with Gasteiger partial charge in [-0.2, -0.15) is 0 Å². The Morgan fingerprint density at radius 1 is 1.17 bits per heavy atom. The zero-order valence-corrected chi connectivity index (χ0v) is 17.1. The smallest absolute Gasteiger partial charge is 0.262 e. The first-order chi connectivity index (χ1) is 14.2. The van der Waals surface area contributed by atoms with Crippen molar-refractivity contribution in [1.82, 2.24) is 14.9 Å². The van der Waals surface area contributed by atoms with Crippen molar-refractivity contribution in [2.75, 3.05) is 12.3 Å². The summed E-state index contributed by atoms with van der Waals surface area (Å²) in [5, 5.41) is 4.13. The number of benzene rings is 1. The van der Waals surface area contributed by atoms with E-state index in [4.69, 9.17) is 4.42 Å². The van der Waals surface area contributed by atoms with E-state index in [0.29, 0.717) is 27.7 Å². The van der Waals surface area contributed by atoms with Crippen LogP contribution < -0.4 is 10.9 Å². The third-order valence-electron chi connectivity index (χ3n) is 5.37. The lowest BCUT2D eigenvalue weighted by atomic mass is 9.89. The number of hydrogen-bond donors (Lipinski definition) is 1. The summed E-state index contributed by atoms with van der Waals surface area (Å²) in [5.74, 6) is 1.48. The molecule has 3 aromatic rings. The summed E-state index contributed by atoms with van der Waals surface area (Å²) in [6.45, 7) is 1.03. The van der Waals surface area contributed by atoms with Crippen LogP contribution >= 0.6 is 11.8 Å². The average molecular weight is 412 g/mol. The molecule has 152 valence electrons. The van der Waals surface area contributed by atoms with Crippen LogP contribution in [-0.2, 0) is 11.3 Å². The van der Waals surface area contributed by atoms with Crippen LogP contribution in [-0.4, -0.2) is 27.8 Å². The maximum absolute atomic E-state index is 13.0. The molecule has 1 N–H and O–H groups in total. The van der Waals surface area contributed by atoms with Crippen LogP contribution in [0.3, 0.4) is 0 Å². The topological polar surface area (TPSA) is 77.1 Å².